The van der Waals surface area contributed by atoms with Crippen molar-refractivity contribution >= 4 is 0 Å². The van der Waals surface area contributed by atoms with Gasteiger partial charge in [-0.1, -0.05) is 6.92 Å². The Morgan fingerprint density at radius 1 is 1.75 bits per heavy atom. The minimum Gasteiger partial charge on any atom is -0.373 e. The molecule has 0 saturated heterocycles. The van der Waals surface area contributed by atoms with Crippen molar-refractivity contribution in [1.29, 1.82) is 5.26 Å². The van der Waals surface area contributed by atoms with Crippen LogP contribution in [0.1, 0.15) is 24.5 Å². The Kier molecular flexibility index (Phi) is 2.72. The van der Waals surface area contributed by atoms with E-state index in [2.05, 4.69) is 9.97 Å². The van der Waals surface area contributed by atoms with Gasteiger partial charge in [0.15, 0.2) is 6.10 Å². The van der Waals surface area contributed by atoms with Gasteiger partial charge in [-0.2, -0.15) is 5.26 Å². The maximum absolute atomic E-state index is 9.10. The van der Waals surface area contributed by atoms with Crippen molar-refractivity contribution in [3.63, 3.8) is 0 Å². The lowest BCUT2D eigenvalue weighted by molar-refractivity contribution is 0.230. The molecule has 0 aliphatic rings. The first-order valence-electron chi connectivity index (χ1n) is 3.67. The molecular weight excluding hydrogens is 154 g/mol. The quantitative estimate of drug-likeness (QED) is 0.648. The zero-order valence-electron chi connectivity index (χ0n) is 6.73. The summed E-state index contributed by atoms with van der Waals surface area (Å²) in [6.45, 7) is 1.91. The summed E-state index contributed by atoms with van der Waals surface area (Å²) in [4.78, 5) is 7.92. The van der Waals surface area contributed by atoms with Gasteiger partial charge in [0.05, 0.1) is 5.69 Å². The van der Waals surface area contributed by atoms with Gasteiger partial charge in [-0.25, -0.2) is 9.97 Å². The summed E-state index contributed by atoms with van der Waals surface area (Å²) >= 11 is 0. The third-order valence-electron chi connectivity index (χ3n) is 1.45. The maximum Gasteiger partial charge on any atom is 0.183 e. The Morgan fingerprint density at radius 2 is 2.50 bits per heavy atom. The normalized spacial score (nSPS) is 12.1. The standard InChI is InChI=1S/C8H9N3O/c1-2-8-10-4-3-6(11-8)7(12)5-9/h3-4,7,12H,2H2,1H3. The maximum atomic E-state index is 9.10. The monoisotopic (exact) mass is 163 g/mol. The summed E-state index contributed by atoms with van der Waals surface area (Å²) in [5, 5.41) is 17.5. The second-order valence-electron chi connectivity index (χ2n) is 2.28. The van der Waals surface area contributed by atoms with E-state index >= 15 is 0 Å². The van der Waals surface area contributed by atoms with Crippen LogP contribution in [0.4, 0.5) is 0 Å². The Bertz CT molecular complexity index is 305. The number of aliphatic hydroxyl groups is 1. The molecule has 0 aromatic carbocycles. The summed E-state index contributed by atoms with van der Waals surface area (Å²) in [7, 11) is 0. The van der Waals surface area contributed by atoms with Crippen LogP contribution in [0, 0.1) is 11.3 Å². The SMILES string of the molecule is CCc1nccc(C(O)C#N)n1. The zero-order chi connectivity index (χ0) is 8.97. The minimum absolute atomic E-state index is 0.365. The van der Waals surface area contributed by atoms with Crippen LogP contribution < -0.4 is 0 Å². The van der Waals surface area contributed by atoms with Gasteiger partial charge >= 0.3 is 0 Å². The summed E-state index contributed by atoms with van der Waals surface area (Å²) in [6.07, 6.45) is 1.10. The van der Waals surface area contributed by atoms with Gasteiger partial charge in [0.2, 0.25) is 0 Å². The largest absolute Gasteiger partial charge is 0.373 e. The van der Waals surface area contributed by atoms with Crippen LogP contribution in [0.3, 0.4) is 0 Å². The lowest BCUT2D eigenvalue weighted by Gasteiger charge is -2.01. The number of hydrogen-bond acceptors (Lipinski definition) is 4. The molecule has 0 spiro atoms. The van der Waals surface area contributed by atoms with Crippen LogP contribution in [0.15, 0.2) is 12.3 Å². The summed E-state index contributed by atoms with van der Waals surface area (Å²) in [6, 6.07) is 3.23. The predicted octanol–water partition coefficient (Wildman–Crippen LogP) is 0.596. The molecule has 1 aromatic rings. The van der Waals surface area contributed by atoms with Gasteiger partial charge in [-0.3, -0.25) is 0 Å². The second kappa shape index (κ2) is 3.79. The average molecular weight is 163 g/mol. The molecule has 12 heavy (non-hydrogen) atoms. The van der Waals surface area contributed by atoms with Crippen molar-refractivity contribution in [3.8, 4) is 6.07 Å². The van der Waals surface area contributed by atoms with Crippen molar-refractivity contribution < 1.29 is 5.11 Å². The van der Waals surface area contributed by atoms with Crippen LogP contribution in [0.2, 0.25) is 0 Å². The molecule has 1 rings (SSSR count). The van der Waals surface area contributed by atoms with Gasteiger partial charge in [0.25, 0.3) is 0 Å². The Hall–Kier alpha value is -1.47. The molecule has 0 aliphatic heterocycles. The fourth-order valence-electron chi connectivity index (χ4n) is 0.804. The molecule has 62 valence electrons. The molecule has 0 saturated carbocycles. The van der Waals surface area contributed by atoms with Crippen LogP contribution in [0.25, 0.3) is 0 Å². The van der Waals surface area contributed by atoms with E-state index in [1.165, 1.54) is 6.07 Å². The third-order valence-corrected chi connectivity index (χ3v) is 1.45. The number of hydrogen-bond donors (Lipinski definition) is 1. The molecule has 0 aliphatic carbocycles. The molecule has 1 N–H and O–H groups in total. The van der Waals surface area contributed by atoms with E-state index in [1.807, 2.05) is 6.92 Å². The highest BCUT2D eigenvalue weighted by Crippen LogP contribution is 2.07. The number of rotatable bonds is 2. The molecule has 0 fully saturated rings. The van der Waals surface area contributed by atoms with Gasteiger partial charge in [0.1, 0.15) is 11.9 Å². The smallest absolute Gasteiger partial charge is 0.183 e. The van der Waals surface area contributed by atoms with Crippen LogP contribution in [-0.2, 0) is 6.42 Å². The molecule has 0 radical (unpaired) electrons. The van der Waals surface area contributed by atoms with Crippen LogP contribution in [0.5, 0.6) is 0 Å². The van der Waals surface area contributed by atoms with E-state index in [0.29, 0.717) is 17.9 Å². The predicted molar refractivity (Wildman–Crippen MR) is 42.0 cm³/mol. The summed E-state index contributed by atoms with van der Waals surface area (Å²) < 4.78 is 0. The highest BCUT2D eigenvalue weighted by Gasteiger charge is 2.07. The second-order valence-corrected chi connectivity index (χ2v) is 2.28. The molecule has 4 heteroatoms. The fourth-order valence-corrected chi connectivity index (χ4v) is 0.804. The van der Waals surface area contributed by atoms with Gasteiger partial charge in [0, 0.05) is 12.6 Å². The van der Waals surface area contributed by atoms with E-state index in [-0.39, 0.29) is 0 Å². The van der Waals surface area contributed by atoms with E-state index in [9.17, 15) is 0 Å². The van der Waals surface area contributed by atoms with Crippen LogP contribution >= 0.6 is 0 Å². The first-order valence-corrected chi connectivity index (χ1v) is 3.67. The molecule has 1 heterocycles. The number of aryl methyl sites for hydroxylation is 1. The number of nitrogens with zero attached hydrogens (tertiary/aromatic N) is 3. The average Bonchev–Trinajstić information content (AvgIpc) is 2.17. The lowest BCUT2D eigenvalue weighted by Crippen LogP contribution is -2.01. The molecule has 1 aromatic heterocycles. The highest BCUT2D eigenvalue weighted by molar-refractivity contribution is 5.11. The van der Waals surface area contributed by atoms with Crippen molar-refractivity contribution in [2.45, 2.75) is 19.4 Å². The minimum atomic E-state index is -1.14. The molecule has 1 unspecified atom stereocenters. The van der Waals surface area contributed by atoms with E-state index < -0.39 is 6.10 Å². The number of aromatic nitrogens is 2. The zero-order valence-corrected chi connectivity index (χ0v) is 6.73. The Morgan fingerprint density at radius 3 is 3.08 bits per heavy atom. The molecular formula is C8H9N3O. The molecule has 0 amide bonds. The third kappa shape index (κ3) is 1.77. The van der Waals surface area contributed by atoms with Gasteiger partial charge < -0.3 is 5.11 Å². The van der Waals surface area contributed by atoms with Gasteiger partial charge in [-0.05, 0) is 6.07 Å². The number of nitriles is 1. The van der Waals surface area contributed by atoms with Crippen LogP contribution in [-0.4, -0.2) is 15.1 Å². The van der Waals surface area contributed by atoms with Crippen molar-refractivity contribution in [2.24, 2.45) is 0 Å². The fraction of sp³-hybridized carbons (Fsp3) is 0.375. The van der Waals surface area contributed by atoms with Gasteiger partial charge in [-0.15, -0.1) is 0 Å². The van der Waals surface area contributed by atoms with Crippen molar-refractivity contribution in [2.75, 3.05) is 0 Å². The first-order chi connectivity index (χ1) is 5.77. The van der Waals surface area contributed by atoms with E-state index in [1.54, 1.807) is 12.3 Å². The molecule has 0 bridgehead atoms. The van der Waals surface area contributed by atoms with E-state index in [4.69, 9.17) is 10.4 Å². The van der Waals surface area contributed by atoms with Crippen molar-refractivity contribution in [1.82, 2.24) is 9.97 Å². The number of aliphatic hydroxyl groups excluding tert-OH is 1. The summed E-state index contributed by atoms with van der Waals surface area (Å²) in [5.41, 5.74) is 0.365. The van der Waals surface area contributed by atoms with Crippen molar-refractivity contribution in [3.05, 3.63) is 23.8 Å². The molecule has 4 nitrogen and oxygen atoms in total. The topological polar surface area (TPSA) is 69.8 Å². The summed E-state index contributed by atoms with van der Waals surface area (Å²) in [5.74, 6) is 0.641. The van der Waals surface area contributed by atoms with E-state index in [0.717, 1.165) is 0 Å². The lowest BCUT2D eigenvalue weighted by atomic mass is 10.2. The highest BCUT2D eigenvalue weighted by atomic mass is 16.3. The Balaban J connectivity index is 2.95. The molecule has 1 atom stereocenters. The Labute approximate surface area is 70.5 Å². The first kappa shape index (κ1) is 8.62.